The first-order chi connectivity index (χ1) is 10.7. The van der Waals surface area contributed by atoms with Gasteiger partial charge >= 0.3 is 0 Å². The second kappa shape index (κ2) is 8.61. The zero-order chi connectivity index (χ0) is 15.8. The van der Waals surface area contributed by atoms with E-state index in [1.54, 1.807) is 11.8 Å². The predicted molar refractivity (Wildman–Crippen MR) is 93.8 cm³/mol. The number of benzene rings is 2. The maximum Gasteiger partial charge on any atom is 0.234 e. The number of thioether (sulfide) groups is 1. The van der Waals surface area contributed by atoms with Gasteiger partial charge in [-0.3, -0.25) is 10.1 Å². The summed E-state index contributed by atoms with van der Waals surface area (Å²) in [6.45, 7) is 0. The number of carbonyl (C=O) groups is 1. The Morgan fingerprint density at radius 2 is 1.55 bits per heavy atom. The average molecular weight is 314 g/mol. The molecule has 1 atom stereocenters. The van der Waals surface area contributed by atoms with Crippen molar-refractivity contribution in [3.8, 4) is 0 Å². The predicted octanol–water partition coefficient (Wildman–Crippen LogP) is 2.97. The molecule has 0 spiro atoms. The lowest BCUT2D eigenvalue weighted by Gasteiger charge is -2.25. The fraction of sp³-hybridized carbons (Fsp3) is 0.278. The molecular formula is C18H22N2OS. The van der Waals surface area contributed by atoms with E-state index in [4.69, 9.17) is 5.73 Å². The van der Waals surface area contributed by atoms with Crippen LogP contribution in [0.15, 0.2) is 60.7 Å². The Kier molecular flexibility index (Phi) is 6.49. The first kappa shape index (κ1) is 16.6. The van der Waals surface area contributed by atoms with Gasteiger partial charge in [0, 0.05) is 0 Å². The number of primary amides is 1. The highest BCUT2D eigenvalue weighted by Gasteiger charge is 2.21. The number of carbonyl (C=O) groups excluding carboxylic acids is 1. The van der Waals surface area contributed by atoms with Crippen molar-refractivity contribution in [2.45, 2.75) is 18.5 Å². The van der Waals surface area contributed by atoms with E-state index >= 15 is 0 Å². The smallest absolute Gasteiger partial charge is 0.234 e. The highest BCUT2D eigenvalue weighted by atomic mass is 32.2. The van der Waals surface area contributed by atoms with Crippen LogP contribution >= 0.6 is 11.8 Å². The van der Waals surface area contributed by atoms with Gasteiger partial charge in [-0.05, 0) is 29.6 Å². The Morgan fingerprint density at radius 1 is 1.05 bits per heavy atom. The summed E-state index contributed by atoms with van der Waals surface area (Å²) < 4.78 is 0. The van der Waals surface area contributed by atoms with Crippen LogP contribution in [-0.2, 0) is 4.79 Å². The Morgan fingerprint density at radius 3 is 1.95 bits per heavy atom. The number of nitrogens with two attached hydrogens (primary N) is 1. The van der Waals surface area contributed by atoms with Crippen LogP contribution in [0.3, 0.4) is 0 Å². The largest absolute Gasteiger partial charge is 0.368 e. The summed E-state index contributed by atoms with van der Waals surface area (Å²) in [7, 11) is 0. The molecule has 1 amide bonds. The van der Waals surface area contributed by atoms with Crippen molar-refractivity contribution in [2.24, 2.45) is 5.73 Å². The first-order valence-corrected chi connectivity index (χ1v) is 8.76. The summed E-state index contributed by atoms with van der Waals surface area (Å²) in [6, 6.07) is 19.9. The monoisotopic (exact) mass is 314 g/mol. The summed E-state index contributed by atoms with van der Waals surface area (Å²) in [5, 5.41) is 3.43. The molecule has 0 unspecified atom stereocenters. The van der Waals surface area contributed by atoms with Crippen LogP contribution in [0, 0.1) is 0 Å². The Balaban J connectivity index is 2.26. The molecule has 0 aliphatic heterocycles. The minimum atomic E-state index is -0.335. The maximum atomic E-state index is 11.8. The van der Waals surface area contributed by atoms with Gasteiger partial charge in [-0.2, -0.15) is 11.8 Å². The number of nitrogens with one attached hydrogen (secondary N) is 1. The number of hydrogen-bond acceptors (Lipinski definition) is 3. The first-order valence-electron chi connectivity index (χ1n) is 7.36. The van der Waals surface area contributed by atoms with Crippen molar-refractivity contribution in [3.63, 3.8) is 0 Å². The van der Waals surface area contributed by atoms with Gasteiger partial charge in [-0.1, -0.05) is 60.7 Å². The van der Waals surface area contributed by atoms with Gasteiger partial charge in [0.25, 0.3) is 0 Å². The summed E-state index contributed by atoms with van der Waals surface area (Å²) >= 11 is 1.72. The molecule has 0 radical (unpaired) electrons. The van der Waals surface area contributed by atoms with E-state index in [1.165, 1.54) is 0 Å². The summed E-state index contributed by atoms with van der Waals surface area (Å²) in [5.74, 6) is 0.600. The topological polar surface area (TPSA) is 55.1 Å². The third-order valence-electron chi connectivity index (χ3n) is 3.59. The molecule has 3 N–H and O–H groups in total. The Labute approximate surface area is 136 Å². The lowest BCUT2D eigenvalue weighted by molar-refractivity contribution is -0.120. The molecule has 22 heavy (non-hydrogen) atoms. The molecule has 2 aromatic rings. The van der Waals surface area contributed by atoms with Gasteiger partial charge in [0.15, 0.2) is 0 Å². The lowest BCUT2D eigenvalue weighted by Crippen LogP contribution is -2.43. The minimum Gasteiger partial charge on any atom is -0.368 e. The second-order valence-corrected chi connectivity index (χ2v) is 6.14. The SMILES string of the molecule is CSCC[C@H](NC(c1ccccc1)c1ccccc1)C(N)=O. The highest BCUT2D eigenvalue weighted by molar-refractivity contribution is 7.98. The van der Waals surface area contributed by atoms with Gasteiger partial charge in [-0.15, -0.1) is 0 Å². The third kappa shape index (κ3) is 4.61. The van der Waals surface area contributed by atoms with Crippen molar-refractivity contribution >= 4 is 17.7 Å². The average Bonchev–Trinajstić information content (AvgIpc) is 2.56. The fourth-order valence-corrected chi connectivity index (χ4v) is 2.89. The summed E-state index contributed by atoms with van der Waals surface area (Å²) in [5.41, 5.74) is 7.83. The van der Waals surface area contributed by atoms with E-state index in [0.717, 1.165) is 23.3 Å². The molecule has 0 heterocycles. The highest BCUT2D eigenvalue weighted by Crippen LogP contribution is 2.23. The van der Waals surface area contributed by atoms with Gasteiger partial charge < -0.3 is 5.73 Å². The number of hydrogen-bond donors (Lipinski definition) is 2. The number of amides is 1. The van der Waals surface area contributed by atoms with Gasteiger partial charge in [0.1, 0.15) is 0 Å². The maximum absolute atomic E-state index is 11.8. The van der Waals surface area contributed by atoms with Crippen molar-refractivity contribution in [2.75, 3.05) is 12.0 Å². The molecule has 2 rings (SSSR count). The second-order valence-electron chi connectivity index (χ2n) is 5.16. The molecule has 0 fully saturated rings. The molecule has 0 bridgehead atoms. The van der Waals surface area contributed by atoms with Crippen LogP contribution in [0.1, 0.15) is 23.6 Å². The van der Waals surface area contributed by atoms with Crippen molar-refractivity contribution in [1.82, 2.24) is 5.32 Å². The molecule has 4 heteroatoms. The third-order valence-corrected chi connectivity index (χ3v) is 4.23. The van der Waals surface area contributed by atoms with Crippen molar-refractivity contribution in [1.29, 1.82) is 0 Å². The van der Waals surface area contributed by atoms with E-state index in [0.29, 0.717) is 0 Å². The van der Waals surface area contributed by atoms with E-state index in [-0.39, 0.29) is 18.0 Å². The van der Waals surface area contributed by atoms with Crippen LogP contribution in [0.2, 0.25) is 0 Å². The molecule has 0 saturated carbocycles. The molecule has 0 saturated heterocycles. The van der Waals surface area contributed by atoms with E-state index in [1.807, 2.05) is 42.7 Å². The van der Waals surface area contributed by atoms with E-state index < -0.39 is 0 Å². The molecule has 0 aliphatic rings. The quantitative estimate of drug-likeness (QED) is 0.787. The molecule has 0 aromatic heterocycles. The van der Waals surface area contributed by atoms with Crippen molar-refractivity contribution < 1.29 is 4.79 Å². The van der Waals surface area contributed by atoms with Crippen LogP contribution < -0.4 is 11.1 Å². The van der Waals surface area contributed by atoms with Crippen LogP contribution in [0.25, 0.3) is 0 Å². The summed E-state index contributed by atoms with van der Waals surface area (Å²) in [6.07, 6.45) is 2.76. The minimum absolute atomic E-state index is 0.0400. The summed E-state index contributed by atoms with van der Waals surface area (Å²) in [4.78, 5) is 11.8. The fourth-order valence-electron chi connectivity index (χ4n) is 2.42. The molecule has 2 aromatic carbocycles. The van der Waals surface area contributed by atoms with Crippen LogP contribution in [0.5, 0.6) is 0 Å². The van der Waals surface area contributed by atoms with E-state index in [2.05, 4.69) is 29.6 Å². The van der Waals surface area contributed by atoms with Gasteiger partial charge in [0.2, 0.25) is 5.91 Å². The molecule has 116 valence electrons. The van der Waals surface area contributed by atoms with E-state index in [9.17, 15) is 4.79 Å². The zero-order valence-corrected chi connectivity index (χ0v) is 13.6. The van der Waals surface area contributed by atoms with Crippen LogP contribution in [-0.4, -0.2) is 24.0 Å². The molecular weight excluding hydrogens is 292 g/mol. The molecule has 3 nitrogen and oxygen atoms in total. The Bertz CT molecular complexity index is 535. The van der Waals surface area contributed by atoms with Gasteiger partial charge in [0.05, 0.1) is 12.1 Å². The standard InChI is InChI=1S/C18H22N2OS/c1-22-13-12-16(18(19)21)20-17(14-8-4-2-5-9-14)15-10-6-3-7-11-15/h2-11,16-17,20H,12-13H2,1H3,(H2,19,21)/t16-/m0/s1. The van der Waals surface area contributed by atoms with Crippen LogP contribution in [0.4, 0.5) is 0 Å². The van der Waals surface area contributed by atoms with Gasteiger partial charge in [-0.25, -0.2) is 0 Å². The van der Waals surface area contributed by atoms with Crippen molar-refractivity contribution in [3.05, 3.63) is 71.8 Å². The Hall–Kier alpha value is -1.78. The molecule has 0 aliphatic carbocycles. The number of rotatable bonds is 8. The lowest BCUT2D eigenvalue weighted by atomic mass is 9.97. The normalized spacial score (nSPS) is 12.3. The zero-order valence-electron chi connectivity index (χ0n) is 12.7.